The van der Waals surface area contributed by atoms with E-state index in [1.54, 1.807) is 23.9 Å². The third-order valence-corrected chi connectivity index (χ3v) is 4.55. The first-order valence-electron chi connectivity index (χ1n) is 8.09. The van der Waals surface area contributed by atoms with E-state index in [4.69, 9.17) is 0 Å². The molecule has 3 N–H and O–H groups in total. The van der Waals surface area contributed by atoms with Crippen molar-refractivity contribution in [2.24, 2.45) is 0 Å². The van der Waals surface area contributed by atoms with Crippen LogP contribution in [-0.4, -0.2) is 24.2 Å². The fraction of sp³-hybridized carbons (Fsp3) is 0.263. The summed E-state index contributed by atoms with van der Waals surface area (Å²) in [5.41, 5.74) is 8.83. The lowest BCUT2D eigenvalue weighted by Crippen LogP contribution is -2.47. The van der Waals surface area contributed by atoms with Gasteiger partial charge in [0.15, 0.2) is 0 Å². The maximum absolute atomic E-state index is 11.9. The lowest BCUT2D eigenvalue weighted by molar-refractivity contribution is 0.0936. The number of urea groups is 1. The van der Waals surface area contributed by atoms with E-state index in [0.717, 1.165) is 17.1 Å². The molecule has 0 heterocycles. The highest BCUT2D eigenvalue weighted by Crippen LogP contribution is 2.12. The van der Waals surface area contributed by atoms with Crippen LogP contribution in [0.25, 0.3) is 0 Å². The van der Waals surface area contributed by atoms with Crippen molar-refractivity contribution in [2.75, 3.05) is 12.3 Å². The van der Waals surface area contributed by atoms with Gasteiger partial charge in [-0.3, -0.25) is 10.2 Å². The van der Waals surface area contributed by atoms with Crippen molar-refractivity contribution in [2.45, 2.75) is 19.6 Å². The SMILES string of the molecule is Cc1ccc(CSCCNC(=O)NNC(=O)c2ccc(C)cc2)cc1. The van der Waals surface area contributed by atoms with Crippen LogP contribution in [0.3, 0.4) is 0 Å². The van der Waals surface area contributed by atoms with Crippen molar-refractivity contribution in [1.29, 1.82) is 0 Å². The predicted molar refractivity (Wildman–Crippen MR) is 103 cm³/mol. The van der Waals surface area contributed by atoms with Gasteiger partial charge in [-0.2, -0.15) is 11.8 Å². The van der Waals surface area contributed by atoms with Gasteiger partial charge in [-0.15, -0.1) is 0 Å². The zero-order valence-corrected chi connectivity index (χ0v) is 15.3. The van der Waals surface area contributed by atoms with Crippen molar-refractivity contribution in [3.63, 3.8) is 0 Å². The summed E-state index contributed by atoms with van der Waals surface area (Å²) in [6.07, 6.45) is 0. The number of thioether (sulfide) groups is 1. The zero-order valence-electron chi connectivity index (χ0n) is 14.5. The van der Waals surface area contributed by atoms with Gasteiger partial charge >= 0.3 is 6.03 Å². The molecular weight excluding hydrogens is 334 g/mol. The summed E-state index contributed by atoms with van der Waals surface area (Å²) in [7, 11) is 0. The van der Waals surface area contributed by atoms with Crippen molar-refractivity contribution >= 4 is 23.7 Å². The largest absolute Gasteiger partial charge is 0.336 e. The summed E-state index contributed by atoms with van der Waals surface area (Å²) in [5, 5.41) is 2.71. The molecule has 0 aliphatic rings. The minimum atomic E-state index is -0.420. The predicted octanol–water partition coefficient (Wildman–Crippen LogP) is 3.18. The fourth-order valence-corrected chi connectivity index (χ4v) is 2.86. The van der Waals surface area contributed by atoms with Gasteiger partial charge in [0, 0.05) is 23.6 Å². The highest BCUT2D eigenvalue weighted by atomic mass is 32.2. The van der Waals surface area contributed by atoms with Crippen molar-refractivity contribution in [3.8, 4) is 0 Å². The molecule has 0 bridgehead atoms. The number of carbonyl (C=O) groups is 2. The number of rotatable bonds is 6. The van der Waals surface area contributed by atoms with Crippen LogP contribution in [0.15, 0.2) is 48.5 Å². The van der Waals surface area contributed by atoms with Gasteiger partial charge in [0.25, 0.3) is 5.91 Å². The Morgan fingerprint density at radius 3 is 2.12 bits per heavy atom. The molecule has 0 aliphatic heterocycles. The van der Waals surface area contributed by atoms with E-state index in [1.165, 1.54) is 11.1 Å². The van der Waals surface area contributed by atoms with Crippen LogP contribution in [0, 0.1) is 13.8 Å². The molecule has 0 aromatic heterocycles. The first kappa shape index (κ1) is 18.9. The Balaban J connectivity index is 1.58. The average Bonchev–Trinajstić information content (AvgIpc) is 2.61. The fourth-order valence-electron chi connectivity index (χ4n) is 2.05. The molecule has 25 heavy (non-hydrogen) atoms. The van der Waals surface area contributed by atoms with E-state index in [2.05, 4.69) is 47.4 Å². The van der Waals surface area contributed by atoms with E-state index in [1.807, 2.05) is 19.1 Å². The van der Waals surface area contributed by atoms with Gasteiger partial charge in [0.2, 0.25) is 0 Å². The molecule has 5 nitrogen and oxygen atoms in total. The quantitative estimate of drug-likeness (QED) is 0.549. The number of nitrogens with one attached hydrogen (secondary N) is 3. The molecule has 0 saturated carbocycles. The Morgan fingerprint density at radius 2 is 1.48 bits per heavy atom. The van der Waals surface area contributed by atoms with Crippen LogP contribution in [0.2, 0.25) is 0 Å². The normalized spacial score (nSPS) is 10.2. The number of aryl methyl sites for hydroxylation is 2. The van der Waals surface area contributed by atoms with Gasteiger partial charge in [-0.05, 0) is 31.5 Å². The van der Waals surface area contributed by atoms with Gasteiger partial charge in [-0.25, -0.2) is 10.2 Å². The third-order valence-electron chi connectivity index (χ3n) is 3.52. The number of hydrogen-bond acceptors (Lipinski definition) is 3. The van der Waals surface area contributed by atoms with E-state index in [0.29, 0.717) is 12.1 Å². The smallest absolute Gasteiger partial charge is 0.333 e. The van der Waals surface area contributed by atoms with Gasteiger partial charge in [-0.1, -0.05) is 47.5 Å². The molecule has 3 amide bonds. The molecule has 0 fully saturated rings. The Hall–Kier alpha value is -2.47. The summed E-state index contributed by atoms with van der Waals surface area (Å²) in [4.78, 5) is 23.5. The van der Waals surface area contributed by atoms with Crippen LogP contribution in [0.1, 0.15) is 27.0 Å². The molecule has 6 heteroatoms. The number of hydrazine groups is 1. The lowest BCUT2D eigenvalue weighted by atomic mass is 10.1. The molecular formula is C19H23N3O2S. The minimum Gasteiger partial charge on any atom is -0.336 e. The first-order chi connectivity index (χ1) is 12.0. The van der Waals surface area contributed by atoms with Crippen LogP contribution >= 0.6 is 11.8 Å². The van der Waals surface area contributed by atoms with Crippen LogP contribution in [0.4, 0.5) is 4.79 Å². The highest BCUT2D eigenvalue weighted by Gasteiger charge is 2.06. The molecule has 0 spiro atoms. The van der Waals surface area contributed by atoms with Crippen LogP contribution in [0.5, 0.6) is 0 Å². The first-order valence-corrected chi connectivity index (χ1v) is 9.24. The van der Waals surface area contributed by atoms with Crippen LogP contribution < -0.4 is 16.2 Å². The summed E-state index contributed by atoms with van der Waals surface area (Å²) >= 11 is 1.75. The number of benzene rings is 2. The van der Waals surface area contributed by atoms with Gasteiger partial charge in [0.05, 0.1) is 0 Å². The topological polar surface area (TPSA) is 70.2 Å². The second-order valence-electron chi connectivity index (χ2n) is 5.74. The number of hydrogen-bond donors (Lipinski definition) is 3. The molecule has 0 unspecified atom stereocenters. The monoisotopic (exact) mass is 357 g/mol. The molecule has 0 atom stereocenters. The minimum absolute atomic E-state index is 0.344. The zero-order chi connectivity index (χ0) is 18.1. The summed E-state index contributed by atoms with van der Waals surface area (Å²) in [5.74, 6) is 1.37. The van der Waals surface area contributed by atoms with E-state index in [9.17, 15) is 9.59 Å². The second kappa shape index (κ2) is 9.74. The maximum Gasteiger partial charge on any atom is 0.333 e. The van der Waals surface area contributed by atoms with Gasteiger partial charge < -0.3 is 5.32 Å². The Kier molecular flexibility index (Phi) is 7.35. The van der Waals surface area contributed by atoms with Crippen molar-refractivity contribution in [3.05, 3.63) is 70.8 Å². The molecule has 0 aliphatic carbocycles. The average molecular weight is 357 g/mol. The third kappa shape index (κ3) is 6.89. The molecule has 2 rings (SSSR count). The van der Waals surface area contributed by atoms with E-state index in [-0.39, 0.29) is 5.91 Å². The van der Waals surface area contributed by atoms with Gasteiger partial charge in [0.1, 0.15) is 0 Å². The Labute approximate surface area is 152 Å². The summed E-state index contributed by atoms with van der Waals surface area (Å²) in [6, 6.07) is 15.1. The lowest BCUT2D eigenvalue weighted by Gasteiger charge is -2.09. The Bertz CT molecular complexity index is 700. The number of carbonyl (C=O) groups excluding carboxylic acids is 2. The molecule has 132 valence electrons. The number of amides is 3. The Morgan fingerprint density at radius 1 is 0.880 bits per heavy atom. The second-order valence-corrected chi connectivity index (χ2v) is 6.84. The molecule has 2 aromatic carbocycles. The molecule has 2 aromatic rings. The van der Waals surface area contributed by atoms with E-state index < -0.39 is 6.03 Å². The van der Waals surface area contributed by atoms with E-state index >= 15 is 0 Å². The molecule has 0 saturated heterocycles. The van der Waals surface area contributed by atoms with Crippen molar-refractivity contribution < 1.29 is 9.59 Å². The van der Waals surface area contributed by atoms with Crippen LogP contribution in [-0.2, 0) is 5.75 Å². The maximum atomic E-state index is 11.9. The summed E-state index contributed by atoms with van der Waals surface area (Å²) in [6.45, 7) is 4.55. The van der Waals surface area contributed by atoms with Crippen molar-refractivity contribution in [1.82, 2.24) is 16.2 Å². The molecule has 0 radical (unpaired) electrons. The summed E-state index contributed by atoms with van der Waals surface area (Å²) < 4.78 is 0. The standard InChI is InChI=1S/C19H23N3O2S/c1-14-3-7-16(8-4-14)13-25-12-11-20-19(24)22-21-18(23)17-9-5-15(2)6-10-17/h3-10H,11-13H2,1-2H3,(H,21,23)(H2,20,22,24). The highest BCUT2D eigenvalue weighted by molar-refractivity contribution is 7.98.